The van der Waals surface area contributed by atoms with E-state index in [1.54, 1.807) is 0 Å². The summed E-state index contributed by atoms with van der Waals surface area (Å²) in [6.07, 6.45) is 5.71. The lowest BCUT2D eigenvalue weighted by molar-refractivity contribution is 0.398. The fraction of sp³-hybridized carbons (Fsp3) is 0.579. The summed E-state index contributed by atoms with van der Waals surface area (Å²) >= 11 is 0. The monoisotopic (exact) mass is 549 g/mol. The van der Waals surface area contributed by atoms with E-state index < -0.39 is 0 Å². The normalized spacial score (nSPS) is 11.7. The molecule has 40 heavy (non-hydrogen) atoms. The predicted molar refractivity (Wildman–Crippen MR) is 185 cm³/mol. The Labute approximate surface area is 249 Å². The summed E-state index contributed by atoms with van der Waals surface area (Å²) in [5.41, 5.74) is 6.47. The fourth-order valence-electron chi connectivity index (χ4n) is 4.02. The van der Waals surface area contributed by atoms with Crippen LogP contribution in [0, 0.1) is 5.41 Å². The molecule has 0 spiro atoms. The lowest BCUT2D eigenvalue weighted by Gasteiger charge is -2.23. The molecule has 0 atom stereocenters. The van der Waals surface area contributed by atoms with Crippen LogP contribution in [0.15, 0.2) is 60.9 Å². The third kappa shape index (κ3) is 11.2. The second-order valence-electron chi connectivity index (χ2n) is 14.3. The summed E-state index contributed by atoms with van der Waals surface area (Å²) in [5.74, 6) is 0. The highest BCUT2D eigenvalue weighted by Crippen LogP contribution is 2.34. The molecule has 0 aliphatic heterocycles. The molecule has 226 valence electrons. The largest absolute Gasteiger partial charge is 0.361 e. The van der Waals surface area contributed by atoms with Crippen molar-refractivity contribution < 1.29 is 0 Å². The Bertz CT molecular complexity index is 1190. The van der Waals surface area contributed by atoms with Gasteiger partial charge in [0.1, 0.15) is 0 Å². The van der Waals surface area contributed by atoms with Crippen LogP contribution in [0.4, 0.5) is 0 Å². The molecule has 2 nitrogen and oxygen atoms in total. The van der Waals surface area contributed by atoms with Crippen molar-refractivity contribution in [3.63, 3.8) is 0 Å². The maximum atomic E-state index is 3.29. The molecule has 0 saturated carbocycles. The van der Waals surface area contributed by atoms with Crippen molar-refractivity contribution in [1.29, 1.82) is 0 Å². The zero-order valence-electron chi connectivity index (χ0n) is 29.4. The number of para-hydroxylation sites is 2. The van der Waals surface area contributed by atoms with Crippen molar-refractivity contribution in [2.75, 3.05) is 0 Å². The summed E-state index contributed by atoms with van der Waals surface area (Å²) in [6.45, 7) is 37.3. The van der Waals surface area contributed by atoms with E-state index in [1.807, 2.05) is 27.7 Å². The molecular weight excluding hydrogens is 484 g/mol. The summed E-state index contributed by atoms with van der Waals surface area (Å²) in [7, 11) is 0. The summed E-state index contributed by atoms with van der Waals surface area (Å²) < 4.78 is 2.39. The highest BCUT2D eigenvalue weighted by molar-refractivity contribution is 5.85. The molecule has 0 aliphatic rings. The first-order valence-corrected chi connectivity index (χ1v) is 15.5. The van der Waals surface area contributed by atoms with Crippen LogP contribution < -0.4 is 0 Å². The Morgan fingerprint density at radius 2 is 1.02 bits per heavy atom. The minimum absolute atomic E-state index is 0.128. The van der Waals surface area contributed by atoms with Crippen LogP contribution in [0.25, 0.3) is 21.8 Å². The van der Waals surface area contributed by atoms with Crippen LogP contribution >= 0.6 is 0 Å². The lowest BCUT2D eigenvalue weighted by Crippen LogP contribution is -2.20. The fourth-order valence-corrected chi connectivity index (χ4v) is 4.02. The third-order valence-electron chi connectivity index (χ3n) is 6.70. The molecule has 2 aromatic heterocycles. The molecule has 2 heterocycles. The van der Waals surface area contributed by atoms with Gasteiger partial charge in [0.25, 0.3) is 0 Å². The highest BCUT2D eigenvalue weighted by Gasteiger charge is 2.24. The molecule has 4 rings (SSSR count). The number of rotatable bonds is 0. The topological polar surface area (TPSA) is 20.7 Å². The summed E-state index contributed by atoms with van der Waals surface area (Å²) in [4.78, 5) is 3.29. The number of fused-ring (bicyclic) bond motifs is 2. The van der Waals surface area contributed by atoms with Gasteiger partial charge in [0.15, 0.2) is 0 Å². The van der Waals surface area contributed by atoms with Gasteiger partial charge in [-0.15, -0.1) is 0 Å². The summed E-state index contributed by atoms with van der Waals surface area (Å²) in [5, 5.41) is 2.73. The molecule has 0 bridgehead atoms. The van der Waals surface area contributed by atoms with E-state index in [0.29, 0.717) is 5.41 Å². The van der Waals surface area contributed by atoms with Gasteiger partial charge in [0.2, 0.25) is 0 Å². The number of H-pyrrole nitrogens is 1. The maximum Gasteiger partial charge on any atom is 0.0488 e. The minimum atomic E-state index is 0.128. The molecule has 1 N–H and O–H groups in total. The average Bonchev–Trinajstić information content (AvgIpc) is 3.49. The van der Waals surface area contributed by atoms with Gasteiger partial charge < -0.3 is 9.55 Å². The van der Waals surface area contributed by atoms with Gasteiger partial charge in [-0.05, 0) is 60.3 Å². The van der Waals surface area contributed by atoms with Gasteiger partial charge in [-0.2, -0.15) is 0 Å². The van der Waals surface area contributed by atoms with Crippen molar-refractivity contribution in [3.05, 3.63) is 72.1 Å². The second-order valence-corrected chi connectivity index (χ2v) is 14.3. The van der Waals surface area contributed by atoms with Gasteiger partial charge >= 0.3 is 0 Å². The number of aromatic amines is 1. The first kappa shape index (κ1) is 37.5. The lowest BCUT2D eigenvalue weighted by atomic mass is 9.87. The molecule has 0 fully saturated rings. The SMILES string of the molecule is CC.CC.CC(C)(C)c1c[nH]c2ccccc12.CC(C)(C)c1cn(C(C)(C)C)c2ccccc12.CCC(C)(C)C. The quantitative estimate of drug-likeness (QED) is 0.225. The Hall–Kier alpha value is -2.48. The average molecular weight is 549 g/mol. The number of benzene rings is 2. The first-order chi connectivity index (χ1) is 18.4. The first-order valence-electron chi connectivity index (χ1n) is 15.5. The maximum absolute atomic E-state index is 3.29. The van der Waals surface area contributed by atoms with Crippen LogP contribution in [0.2, 0.25) is 0 Å². The third-order valence-corrected chi connectivity index (χ3v) is 6.70. The number of nitrogens with zero attached hydrogens (tertiary/aromatic N) is 1. The van der Waals surface area contributed by atoms with E-state index in [9.17, 15) is 0 Å². The van der Waals surface area contributed by atoms with E-state index in [-0.39, 0.29) is 16.4 Å². The molecule has 0 aliphatic carbocycles. The molecule has 0 saturated heterocycles. The highest BCUT2D eigenvalue weighted by atomic mass is 15.0. The molecule has 2 aromatic carbocycles. The number of aromatic nitrogens is 2. The predicted octanol–water partition coefficient (Wildman–Crippen LogP) is 12.7. The Morgan fingerprint density at radius 3 is 1.45 bits per heavy atom. The zero-order valence-corrected chi connectivity index (χ0v) is 29.4. The Balaban J connectivity index is 0.000000585. The van der Waals surface area contributed by atoms with Crippen LogP contribution in [0.5, 0.6) is 0 Å². The van der Waals surface area contributed by atoms with Gasteiger partial charge in [0, 0.05) is 39.7 Å². The van der Waals surface area contributed by atoms with E-state index in [0.717, 1.165) is 0 Å². The van der Waals surface area contributed by atoms with Crippen LogP contribution in [0.1, 0.15) is 135 Å². The summed E-state index contributed by atoms with van der Waals surface area (Å²) in [6, 6.07) is 17.1. The number of nitrogens with one attached hydrogen (secondary N) is 1. The van der Waals surface area contributed by atoms with Crippen molar-refractivity contribution in [1.82, 2.24) is 9.55 Å². The molecule has 0 unspecified atom stereocenters. The Kier molecular flexibility index (Phi) is 14.5. The van der Waals surface area contributed by atoms with Crippen molar-refractivity contribution in [2.24, 2.45) is 5.41 Å². The van der Waals surface area contributed by atoms with E-state index in [2.05, 4.69) is 160 Å². The van der Waals surface area contributed by atoms with Crippen molar-refractivity contribution in [2.45, 2.75) is 140 Å². The van der Waals surface area contributed by atoms with E-state index in [4.69, 9.17) is 0 Å². The molecule has 4 aromatic rings. The minimum Gasteiger partial charge on any atom is -0.361 e. The van der Waals surface area contributed by atoms with Crippen LogP contribution in [-0.4, -0.2) is 9.55 Å². The second kappa shape index (κ2) is 15.5. The van der Waals surface area contributed by atoms with E-state index >= 15 is 0 Å². The van der Waals surface area contributed by atoms with Crippen molar-refractivity contribution >= 4 is 21.8 Å². The number of hydrogen-bond donors (Lipinski definition) is 1. The van der Waals surface area contributed by atoms with E-state index in [1.165, 1.54) is 39.4 Å². The standard InChI is InChI=1S/C16H23N.C12H15N.C6H14.2C2H6/c1-15(2,3)13-11-17(16(4,5)6)14-10-8-7-9-12(13)14;1-12(2,3)10-8-13-11-7-5-4-6-9(10)11;1-5-6(2,3)4;2*1-2/h7-11H,1-6H3;4-8,13H,1-3H3;5H2,1-4H3;2*1-2H3. The van der Waals surface area contributed by atoms with Gasteiger partial charge in [-0.3, -0.25) is 0 Å². The molecule has 0 amide bonds. The smallest absolute Gasteiger partial charge is 0.0488 e. The molecular formula is C38H64N2. The van der Waals surface area contributed by atoms with Gasteiger partial charge in [0.05, 0.1) is 0 Å². The van der Waals surface area contributed by atoms with Crippen LogP contribution in [0.3, 0.4) is 0 Å². The zero-order chi connectivity index (χ0) is 31.5. The van der Waals surface area contributed by atoms with Gasteiger partial charge in [-0.25, -0.2) is 0 Å². The molecule has 0 radical (unpaired) electrons. The van der Waals surface area contributed by atoms with Crippen molar-refractivity contribution in [3.8, 4) is 0 Å². The molecule has 2 heteroatoms. The number of hydrogen-bond acceptors (Lipinski definition) is 0. The van der Waals surface area contributed by atoms with Crippen LogP contribution in [-0.2, 0) is 16.4 Å². The van der Waals surface area contributed by atoms with Gasteiger partial charge in [-0.1, -0.05) is 140 Å². The Morgan fingerprint density at radius 1 is 0.600 bits per heavy atom.